The van der Waals surface area contributed by atoms with Crippen LogP contribution in [0.3, 0.4) is 0 Å². The third kappa shape index (κ3) is 5.44. The van der Waals surface area contributed by atoms with E-state index in [2.05, 4.69) is 22.2 Å². The van der Waals surface area contributed by atoms with E-state index in [1.807, 2.05) is 18.2 Å². The number of rotatable bonds is 6. The van der Waals surface area contributed by atoms with Crippen LogP contribution in [0.2, 0.25) is 0 Å². The predicted molar refractivity (Wildman–Crippen MR) is 62.1 cm³/mol. The SMILES string of the molecule is COC(=O)CNCCSc1ccccc1. The molecule has 0 aliphatic rings. The summed E-state index contributed by atoms with van der Waals surface area (Å²) < 4.78 is 4.51. The summed E-state index contributed by atoms with van der Waals surface area (Å²) >= 11 is 1.77. The molecular weight excluding hydrogens is 210 g/mol. The van der Waals surface area contributed by atoms with Gasteiger partial charge >= 0.3 is 5.97 Å². The molecule has 1 aromatic carbocycles. The van der Waals surface area contributed by atoms with Gasteiger partial charge in [-0.1, -0.05) is 18.2 Å². The van der Waals surface area contributed by atoms with Gasteiger partial charge in [0.2, 0.25) is 0 Å². The van der Waals surface area contributed by atoms with Gasteiger partial charge in [0.05, 0.1) is 13.7 Å². The van der Waals surface area contributed by atoms with E-state index in [4.69, 9.17) is 0 Å². The van der Waals surface area contributed by atoms with E-state index in [1.54, 1.807) is 11.8 Å². The molecule has 82 valence electrons. The largest absolute Gasteiger partial charge is 0.468 e. The summed E-state index contributed by atoms with van der Waals surface area (Å²) in [5.41, 5.74) is 0. The minimum absolute atomic E-state index is 0.222. The van der Waals surface area contributed by atoms with Crippen LogP contribution in [-0.2, 0) is 9.53 Å². The Morgan fingerprint density at radius 2 is 2.13 bits per heavy atom. The lowest BCUT2D eigenvalue weighted by Crippen LogP contribution is -2.25. The fourth-order valence-electron chi connectivity index (χ4n) is 1.02. The van der Waals surface area contributed by atoms with Gasteiger partial charge in [0, 0.05) is 17.2 Å². The van der Waals surface area contributed by atoms with Gasteiger partial charge in [-0.25, -0.2) is 0 Å². The van der Waals surface area contributed by atoms with Gasteiger partial charge in [0.1, 0.15) is 0 Å². The van der Waals surface area contributed by atoms with E-state index in [9.17, 15) is 4.79 Å². The molecule has 0 unspecified atom stereocenters. The minimum atomic E-state index is -0.222. The van der Waals surface area contributed by atoms with Crippen molar-refractivity contribution < 1.29 is 9.53 Å². The number of benzene rings is 1. The number of thioether (sulfide) groups is 1. The first-order valence-electron chi connectivity index (χ1n) is 4.78. The van der Waals surface area contributed by atoms with Gasteiger partial charge in [-0.05, 0) is 12.1 Å². The highest BCUT2D eigenvalue weighted by molar-refractivity contribution is 7.99. The lowest BCUT2D eigenvalue weighted by Gasteiger charge is -2.03. The summed E-state index contributed by atoms with van der Waals surface area (Å²) in [4.78, 5) is 12.0. The first kappa shape index (κ1) is 12.1. The Hall–Kier alpha value is -1.00. The number of methoxy groups -OCH3 is 1. The van der Waals surface area contributed by atoms with Crippen LogP contribution in [0.1, 0.15) is 0 Å². The van der Waals surface area contributed by atoms with Crippen molar-refractivity contribution in [2.75, 3.05) is 26.0 Å². The number of nitrogens with one attached hydrogen (secondary N) is 1. The van der Waals surface area contributed by atoms with Crippen molar-refractivity contribution in [1.29, 1.82) is 0 Å². The highest BCUT2D eigenvalue weighted by Crippen LogP contribution is 2.15. The molecule has 0 saturated carbocycles. The van der Waals surface area contributed by atoms with Crippen LogP contribution >= 0.6 is 11.8 Å². The van der Waals surface area contributed by atoms with Gasteiger partial charge in [0.25, 0.3) is 0 Å². The van der Waals surface area contributed by atoms with Crippen molar-refractivity contribution in [3.05, 3.63) is 30.3 Å². The zero-order valence-electron chi connectivity index (χ0n) is 8.73. The fourth-order valence-corrected chi connectivity index (χ4v) is 1.85. The van der Waals surface area contributed by atoms with Gasteiger partial charge in [0.15, 0.2) is 0 Å². The molecule has 0 heterocycles. The minimum Gasteiger partial charge on any atom is -0.468 e. The maximum Gasteiger partial charge on any atom is 0.319 e. The van der Waals surface area contributed by atoms with Gasteiger partial charge in [-0.3, -0.25) is 4.79 Å². The van der Waals surface area contributed by atoms with Gasteiger partial charge in [-0.2, -0.15) is 0 Å². The summed E-state index contributed by atoms with van der Waals surface area (Å²) in [5.74, 6) is 0.723. The number of hydrogen-bond donors (Lipinski definition) is 1. The van der Waals surface area contributed by atoms with Crippen LogP contribution in [-0.4, -0.2) is 31.9 Å². The molecular formula is C11H15NO2S. The van der Waals surface area contributed by atoms with E-state index in [-0.39, 0.29) is 12.5 Å². The first-order chi connectivity index (χ1) is 7.33. The number of carbonyl (C=O) groups is 1. The third-order valence-electron chi connectivity index (χ3n) is 1.79. The second-order valence-corrected chi connectivity index (χ2v) is 4.08. The van der Waals surface area contributed by atoms with Crippen molar-refractivity contribution in [3.8, 4) is 0 Å². The molecule has 0 aromatic heterocycles. The van der Waals surface area contributed by atoms with E-state index >= 15 is 0 Å². The van der Waals surface area contributed by atoms with Crippen molar-refractivity contribution in [2.45, 2.75) is 4.90 Å². The molecule has 0 radical (unpaired) electrons. The fraction of sp³-hybridized carbons (Fsp3) is 0.364. The van der Waals surface area contributed by atoms with Crippen LogP contribution in [0, 0.1) is 0 Å². The molecule has 0 spiro atoms. The van der Waals surface area contributed by atoms with E-state index in [0.29, 0.717) is 0 Å². The van der Waals surface area contributed by atoms with Crippen LogP contribution in [0.25, 0.3) is 0 Å². The summed E-state index contributed by atoms with van der Waals surface area (Å²) in [7, 11) is 1.39. The average Bonchev–Trinajstić information content (AvgIpc) is 2.29. The molecule has 0 atom stereocenters. The summed E-state index contributed by atoms with van der Waals surface area (Å²) in [6.45, 7) is 1.08. The standard InChI is InChI=1S/C11H15NO2S/c1-14-11(13)9-12-7-8-15-10-5-3-2-4-6-10/h2-6,12H,7-9H2,1H3. The summed E-state index contributed by atoms with van der Waals surface area (Å²) in [5, 5.41) is 3.01. The molecule has 15 heavy (non-hydrogen) atoms. The molecule has 0 aliphatic carbocycles. The monoisotopic (exact) mass is 225 g/mol. The second kappa shape index (κ2) is 7.31. The van der Waals surface area contributed by atoms with E-state index < -0.39 is 0 Å². The lowest BCUT2D eigenvalue weighted by molar-refractivity contribution is -0.139. The molecule has 0 amide bonds. The van der Waals surface area contributed by atoms with Crippen LogP contribution in [0.5, 0.6) is 0 Å². The van der Waals surface area contributed by atoms with Crippen LogP contribution in [0.4, 0.5) is 0 Å². The Bertz CT molecular complexity index is 290. The molecule has 3 nitrogen and oxygen atoms in total. The molecule has 1 N–H and O–H groups in total. The zero-order chi connectivity index (χ0) is 10.9. The van der Waals surface area contributed by atoms with E-state index in [0.717, 1.165) is 12.3 Å². The Kier molecular flexibility index (Phi) is 5.88. The Balaban J connectivity index is 2.05. The number of esters is 1. The summed E-state index contributed by atoms with van der Waals surface area (Å²) in [6.07, 6.45) is 0. The zero-order valence-corrected chi connectivity index (χ0v) is 9.55. The molecule has 1 aromatic rings. The van der Waals surface area contributed by atoms with E-state index in [1.165, 1.54) is 12.0 Å². The molecule has 0 aliphatic heterocycles. The predicted octanol–water partition coefficient (Wildman–Crippen LogP) is 1.54. The Morgan fingerprint density at radius 1 is 1.40 bits per heavy atom. The maximum absolute atomic E-state index is 10.8. The number of hydrogen-bond acceptors (Lipinski definition) is 4. The van der Waals surface area contributed by atoms with Crippen molar-refractivity contribution in [3.63, 3.8) is 0 Å². The normalized spacial score (nSPS) is 9.93. The smallest absolute Gasteiger partial charge is 0.319 e. The molecule has 0 saturated heterocycles. The average molecular weight is 225 g/mol. The summed E-state index contributed by atoms with van der Waals surface area (Å²) in [6, 6.07) is 10.2. The first-order valence-corrected chi connectivity index (χ1v) is 5.77. The molecule has 0 fully saturated rings. The number of ether oxygens (including phenoxy) is 1. The van der Waals surface area contributed by atoms with Crippen LogP contribution in [0.15, 0.2) is 35.2 Å². The Labute approximate surface area is 94.2 Å². The van der Waals surface area contributed by atoms with Crippen molar-refractivity contribution in [1.82, 2.24) is 5.32 Å². The van der Waals surface area contributed by atoms with Gasteiger partial charge in [-0.15, -0.1) is 11.8 Å². The maximum atomic E-state index is 10.8. The Morgan fingerprint density at radius 3 is 2.80 bits per heavy atom. The lowest BCUT2D eigenvalue weighted by atomic mass is 10.4. The van der Waals surface area contributed by atoms with Crippen LogP contribution < -0.4 is 5.32 Å². The topological polar surface area (TPSA) is 38.3 Å². The number of carbonyl (C=O) groups excluding carboxylic acids is 1. The second-order valence-electron chi connectivity index (χ2n) is 2.91. The highest BCUT2D eigenvalue weighted by Gasteiger charge is 1.97. The van der Waals surface area contributed by atoms with Gasteiger partial charge < -0.3 is 10.1 Å². The molecule has 1 rings (SSSR count). The molecule has 4 heteroatoms. The highest BCUT2D eigenvalue weighted by atomic mass is 32.2. The third-order valence-corrected chi connectivity index (χ3v) is 2.80. The van der Waals surface area contributed by atoms with Crippen molar-refractivity contribution >= 4 is 17.7 Å². The quantitative estimate of drug-likeness (QED) is 0.453. The van der Waals surface area contributed by atoms with Crippen molar-refractivity contribution in [2.24, 2.45) is 0 Å². The molecule has 0 bridgehead atoms.